The van der Waals surface area contributed by atoms with Crippen molar-refractivity contribution in [3.8, 4) is 0 Å². The van der Waals surface area contributed by atoms with Crippen LogP contribution in [0.25, 0.3) is 0 Å². The lowest BCUT2D eigenvalue weighted by Crippen LogP contribution is -2.46. The number of aryl methyl sites for hydroxylation is 1. The molecule has 5 rings (SSSR count). The maximum absolute atomic E-state index is 5.12. The number of halogens is 1. The fourth-order valence-electron chi connectivity index (χ4n) is 4.80. The second-order valence-electron chi connectivity index (χ2n) is 8.51. The predicted octanol–water partition coefficient (Wildman–Crippen LogP) is 1.20. The van der Waals surface area contributed by atoms with Crippen LogP contribution in [0.1, 0.15) is 29.8 Å². The van der Waals surface area contributed by atoms with Crippen molar-refractivity contribution in [3.63, 3.8) is 0 Å². The lowest BCUT2D eigenvalue weighted by molar-refractivity contribution is 0.265. The van der Waals surface area contributed by atoms with Crippen LogP contribution in [0.15, 0.2) is 29.0 Å². The number of pyridine rings is 1. The molecular formula is C20H29BrN8. The van der Waals surface area contributed by atoms with Crippen molar-refractivity contribution >= 4 is 21.7 Å². The first-order chi connectivity index (χ1) is 14.1. The van der Waals surface area contributed by atoms with Crippen LogP contribution in [0, 0.1) is 5.92 Å². The minimum Gasteiger partial charge on any atom is -0.353 e. The van der Waals surface area contributed by atoms with Gasteiger partial charge in [-0.2, -0.15) is 5.10 Å². The van der Waals surface area contributed by atoms with Crippen LogP contribution in [0.5, 0.6) is 0 Å². The van der Waals surface area contributed by atoms with E-state index in [9.17, 15) is 0 Å². The van der Waals surface area contributed by atoms with E-state index >= 15 is 0 Å². The summed E-state index contributed by atoms with van der Waals surface area (Å²) >= 11 is 3.73. The summed E-state index contributed by atoms with van der Waals surface area (Å²) in [4.78, 5) is 9.88. The number of hydrogen-bond acceptors (Lipinski definition) is 7. The summed E-state index contributed by atoms with van der Waals surface area (Å²) in [5, 5.41) is 8.02. The van der Waals surface area contributed by atoms with Gasteiger partial charge in [-0.1, -0.05) is 0 Å². The van der Waals surface area contributed by atoms with E-state index in [1.165, 1.54) is 5.56 Å². The Bertz CT molecular complexity index is 862. The zero-order valence-electron chi connectivity index (χ0n) is 17.0. The smallest absolute Gasteiger partial charge is 0.143 e. The molecular weight excluding hydrogens is 432 g/mol. The molecule has 2 aromatic rings. The molecule has 29 heavy (non-hydrogen) atoms. The number of hydrazine groups is 1. The maximum Gasteiger partial charge on any atom is 0.143 e. The molecule has 2 aromatic heterocycles. The highest BCUT2D eigenvalue weighted by Gasteiger charge is 2.42. The van der Waals surface area contributed by atoms with E-state index in [-0.39, 0.29) is 6.04 Å². The Labute approximate surface area is 180 Å². The van der Waals surface area contributed by atoms with Gasteiger partial charge in [-0.05, 0) is 41.5 Å². The standard InChI is InChI=1S/C20H29BrN8/c1-27-5-7-29(8-6-27)20-15(21)3-4-16(24-20)19-14-9-17(13-10-23-28(2)12-13)22-11-18(14)25-26-19/h3-4,10,12,14,17-19,22,25-26H,5-9,11H2,1-2H3. The molecule has 0 amide bonds. The van der Waals surface area contributed by atoms with E-state index in [0.29, 0.717) is 18.0 Å². The molecule has 4 unspecified atom stereocenters. The first kappa shape index (κ1) is 19.4. The Kier molecular flexibility index (Phi) is 5.34. The van der Waals surface area contributed by atoms with Crippen LogP contribution in [0.3, 0.4) is 0 Å². The fraction of sp³-hybridized carbons (Fsp3) is 0.600. The van der Waals surface area contributed by atoms with Crippen molar-refractivity contribution in [2.45, 2.75) is 24.5 Å². The van der Waals surface area contributed by atoms with E-state index < -0.39 is 0 Å². The number of piperazine rings is 1. The quantitative estimate of drug-likeness (QED) is 0.635. The zero-order chi connectivity index (χ0) is 20.0. The molecule has 0 aromatic carbocycles. The normalized spacial score (nSPS) is 30.5. The number of nitrogens with one attached hydrogen (secondary N) is 3. The number of fused-ring (bicyclic) bond motifs is 1. The number of piperidine rings is 1. The molecule has 4 atom stereocenters. The minimum atomic E-state index is 0.209. The van der Waals surface area contributed by atoms with Crippen LogP contribution >= 0.6 is 15.9 Å². The van der Waals surface area contributed by atoms with Gasteiger partial charge in [-0.3, -0.25) is 10.1 Å². The number of hydrogen-bond donors (Lipinski definition) is 3. The van der Waals surface area contributed by atoms with Crippen LogP contribution in [-0.4, -0.2) is 65.5 Å². The van der Waals surface area contributed by atoms with Crippen molar-refractivity contribution in [1.82, 2.24) is 35.8 Å². The lowest BCUT2D eigenvalue weighted by atomic mass is 9.82. The van der Waals surface area contributed by atoms with Crippen molar-refractivity contribution < 1.29 is 0 Å². The van der Waals surface area contributed by atoms with Gasteiger partial charge >= 0.3 is 0 Å². The summed E-state index contributed by atoms with van der Waals surface area (Å²) in [6.07, 6.45) is 5.15. The number of nitrogens with zero attached hydrogens (tertiary/aromatic N) is 5. The summed E-state index contributed by atoms with van der Waals surface area (Å²) in [5.41, 5.74) is 9.41. The van der Waals surface area contributed by atoms with Crippen LogP contribution in [0.2, 0.25) is 0 Å². The SMILES string of the molecule is CN1CCN(c2nc(C3NNC4CNC(c5cnn(C)c5)CC43)ccc2Br)CC1. The summed E-state index contributed by atoms with van der Waals surface area (Å²) in [6.45, 7) is 5.12. The second-order valence-corrected chi connectivity index (χ2v) is 9.37. The molecule has 0 spiro atoms. The fourth-order valence-corrected chi connectivity index (χ4v) is 5.27. The lowest BCUT2D eigenvalue weighted by Gasteiger charge is -2.35. The second kappa shape index (κ2) is 7.96. The molecule has 0 aliphatic carbocycles. The number of likely N-dealkylation sites (N-methyl/N-ethyl adjacent to an activating group) is 1. The van der Waals surface area contributed by atoms with Crippen molar-refractivity contribution in [1.29, 1.82) is 0 Å². The molecule has 0 saturated carbocycles. The molecule has 9 heteroatoms. The Balaban J connectivity index is 1.37. The van der Waals surface area contributed by atoms with Gasteiger partial charge in [0.25, 0.3) is 0 Å². The van der Waals surface area contributed by atoms with Crippen LogP contribution in [0.4, 0.5) is 5.82 Å². The average molecular weight is 461 g/mol. The molecule has 3 fully saturated rings. The Hall–Kier alpha value is -1.52. The molecule has 5 heterocycles. The van der Waals surface area contributed by atoms with Gasteiger partial charge in [0, 0.05) is 69.5 Å². The molecule has 3 aliphatic heterocycles. The van der Waals surface area contributed by atoms with Crippen molar-refractivity contribution in [2.75, 3.05) is 44.7 Å². The van der Waals surface area contributed by atoms with Crippen LogP contribution < -0.4 is 21.1 Å². The van der Waals surface area contributed by atoms with Crippen molar-refractivity contribution in [3.05, 3.63) is 40.3 Å². The third-order valence-corrected chi connectivity index (χ3v) is 7.18. The van der Waals surface area contributed by atoms with E-state index in [2.05, 4.69) is 72.4 Å². The average Bonchev–Trinajstić information content (AvgIpc) is 3.35. The Morgan fingerprint density at radius 2 is 1.93 bits per heavy atom. The highest BCUT2D eigenvalue weighted by molar-refractivity contribution is 9.10. The summed E-state index contributed by atoms with van der Waals surface area (Å²) in [5.74, 6) is 1.55. The maximum atomic E-state index is 5.12. The van der Waals surface area contributed by atoms with Gasteiger partial charge in [-0.25, -0.2) is 10.4 Å². The van der Waals surface area contributed by atoms with E-state index in [4.69, 9.17) is 4.98 Å². The molecule has 156 valence electrons. The highest BCUT2D eigenvalue weighted by atomic mass is 79.9. The van der Waals surface area contributed by atoms with Gasteiger partial charge in [0.05, 0.1) is 22.4 Å². The zero-order valence-corrected chi connectivity index (χ0v) is 18.6. The number of aromatic nitrogens is 3. The number of rotatable bonds is 3. The largest absolute Gasteiger partial charge is 0.353 e. The first-order valence-electron chi connectivity index (χ1n) is 10.4. The minimum absolute atomic E-state index is 0.209. The van der Waals surface area contributed by atoms with E-state index in [0.717, 1.165) is 55.1 Å². The van der Waals surface area contributed by atoms with Gasteiger partial charge in [-0.15, -0.1) is 0 Å². The molecule has 3 saturated heterocycles. The monoisotopic (exact) mass is 460 g/mol. The predicted molar refractivity (Wildman–Crippen MR) is 117 cm³/mol. The van der Waals surface area contributed by atoms with Crippen molar-refractivity contribution in [2.24, 2.45) is 13.0 Å². The summed E-state index contributed by atoms with van der Waals surface area (Å²) in [6, 6.07) is 5.27. The third-order valence-electron chi connectivity index (χ3n) is 6.56. The van der Waals surface area contributed by atoms with Gasteiger partial charge < -0.3 is 15.1 Å². The van der Waals surface area contributed by atoms with E-state index in [1.54, 1.807) is 0 Å². The Morgan fingerprint density at radius 3 is 2.69 bits per heavy atom. The first-order valence-corrected chi connectivity index (χ1v) is 11.2. The molecule has 3 N–H and O–H groups in total. The molecule has 0 bridgehead atoms. The van der Waals surface area contributed by atoms with E-state index in [1.807, 2.05) is 17.9 Å². The Morgan fingerprint density at radius 1 is 1.10 bits per heavy atom. The topological polar surface area (TPSA) is 73.3 Å². The summed E-state index contributed by atoms with van der Waals surface area (Å²) < 4.78 is 2.96. The van der Waals surface area contributed by atoms with Gasteiger partial charge in [0.2, 0.25) is 0 Å². The van der Waals surface area contributed by atoms with Crippen LogP contribution in [-0.2, 0) is 7.05 Å². The molecule has 3 aliphatic rings. The third kappa shape index (κ3) is 3.82. The van der Waals surface area contributed by atoms with Gasteiger partial charge in [0.1, 0.15) is 5.82 Å². The number of anilines is 1. The summed E-state index contributed by atoms with van der Waals surface area (Å²) in [7, 11) is 4.16. The van der Waals surface area contributed by atoms with Gasteiger partial charge in [0.15, 0.2) is 0 Å². The molecule has 8 nitrogen and oxygen atoms in total. The molecule has 0 radical (unpaired) electrons. The highest BCUT2D eigenvalue weighted by Crippen LogP contribution is 2.39.